The van der Waals surface area contributed by atoms with Gasteiger partial charge >= 0.3 is 5.97 Å². The van der Waals surface area contributed by atoms with E-state index in [-0.39, 0.29) is 5.56 Å². The summed E-state index contributed by atoms with van der Waals surface area (Å²) in [6.07, 6.45) is 7.04. The van der Waals surface area contributed by atoms with E-state index in [1.165, 1.54) is 44.5 Å². The Kier molecular flexibility index (Phi) is 5.72. The van der Waals surface area contributed by atoms with Crippen molar-refractivity contribution in [2.45, 2.75) is 38.1 Å². The molecule has 2 aliphatic rings. The fraction of sp³-hybridized carbons (Fsp3) is 0.611. The van der Waals surface area contributed by atoms with Gasteiger partial charge in [-0.25, -0.2) is 13.2 Å². The van der Waals surface area contributed by atoms with Gasteiger partial charge in [0.2, 0.25) is 10.0 Å². The Balaban J connectivity index is 1.75. The molecule has 0 unspecified atom stereocenters. The Hall–Kier alpha value is -1.80. The van der Waals surface area contributed by atoms with Gasteiger partial charge in [-0.2, -0.15) is 0 Å². The van der Waals surface area contributed by atoms with Crippen molar-refractivity contribution in [3.8, 4) is 0 Å². The lowest BCUT2D eigenvalue weighted by Crippen LogP contribution is -2.46. The molecule has 26 heavy (non-hydrogen) atoms. The second kappa shape index (κ2) is 7.84. The van der Waals surface area contributed by atoms with Gasteiger partial charge in [0.05, 0.1) is 23.2 Å². The largest absolute Gasteiger partial charge is 0.478 e. The third kappa shape index (κ3) is 4.67. The lowest BCUT2D eigenvalue weighted by molar-refractivity contribution is 0.0697. The first-order chi connectivity index (χ1) is 12.3. The topological polar surface area (TPSA) is 89.9 Å². The normalized spacial score (nSPS) is 20.1. The van der Waals surface area contributed by atoms with E-state index in [0.717, 1.165) is 37.9 Å². The highest BCUT2D eigenvalue weighted by molar-refractivity contribution is 7.92. The van der Waals surface area contributed by atoms with Gasteiger partial charge in [0, 0.05) is 19.1 Å². The maximum atomic E-state index is 11.7. The van der Waals surface area contributed by atoms with Crippen LogP contribution in [-0.2, 0) is 10.0 Å². The quantitative estimate of drug-likeness (QED) is 0.813. The molecular formula is C18H27N3O4S. The van der Waals surface area contributed by atoms with E-state index in [4.69, 9.17) is 0 Å². The molecule has 2 aliphatic heterocycles. The molecule has 1 aromatic rings. The number of nitrogens with one attached hydrogen (secondary N) is 1. The third-order valence-electron chi connectivity index (χ3n) is 5.25. The monoisotopic (exact) mass is 381 g/mol. The zero-order chi connectivity index (χ0) is 18.7. The van der Waals surface area contributed by atoms with E-state index in [1.807, 2.05) is 0 Å². The first-order valence-electron chi connectivity index (χ1n) is 9.17. The van der Waals surface area contributed by atoms with Crippen LogP contribution in [0.2, 0.25) is 0 Å². The van der Waals surface area contributed by atoms with Crippen molar-refractivity contribution in [1.82, 2.24) is 4.90 Å². The Morgan fingerprint density at radius 3 is 2.35 bits per heavy atom. The number of rotatable bonds is 5. The first-order valence-corrected chi connectivity index (χ1v) is 11.1. The molecule has 7 nitrogen and oxygen atoms in total. The average Bonchev–Trinajstić information content (AvgIpc) is 2.61. The molecule has 0 radical (unpaired) electrons. The molecule has 1 aromatic carbocycles. The second-order valence-electron chi connectivity index (χ2n) is 7.23. The summed E-state index contributed by atoms with van der Waals surface area (Å²) in [5.41, 5.74) is 1.16. The van der Waals surface area contributed by atoms with Crippen LogP contribution in [0.5, 0.6) is 0 Å². The van der Waals surface area contributed by atoms with Crippen LogP contribution in [0.3, 0.4) is 0 Å². The summed E-state index contributed by atoms with van der Waals surface area (Å²) in [6, 6.07) is 5.23. The van der Waals surface area contributed by atoms with Crippen molar-refractivity contribution >= 4 is 27.4 Å². The van der Waals surface area contributed by atoms with Crippen LogP contribution in [0.25, 0.3) is 0 Å². The fourth-order valence-corrected chi connectivity index (χ4v) is 4.54. The number of piperidine rings is 2. The van der Waals surface area contributed by atoms with Crippen LogP contribution in [0.1, 0.15) is 42.5 Å². The fourth-order valence-electron chi connectivity index (χ4n) is 3.98. The summed E-state index contributed by atoms with van der Waals surface area (Å²) in [4.78, 5) is 16.0. The molecule has 2 fully saturated rings. The second-order valence-corrected chi connectivity index (χ2v) is 8.97. The van der Waals surface area contributed by atoms with E-state index >= 15 is 0 Å². The van der Waals surface area contributed by atoms with Gasteiger partial charge in [-0.3, -0.25) is 4.72 Å². The van der Waals surface area contributed by atoms with Gasteiger partial charge < -0.3 is 14.9 Å². The SMILES string of the molecule is CS(=O)(=O)Nc1cc(C(=O)O)ccc1N1CCC(N2CCCCC2)CC1. The van der Waals surface area contributed by atoms with E-state index in [0.29, 0.717) is 11.7 Å². The lowest BCUT2D eigenvalue weighted by atomic mass is 9.99. The number of nitrogens with zero attached hydrogens (tertiary/aromatic N) is 2. The standard InChI is InChI=1S/C18H27N3O4S/c1-26(24,25)19-16-13-14(18(22)23)5-6-17(16)21-11-7-15(8-12-21)20-9-3-2-4-10-20/h5-6,13,15,19H,2-4,7-12H2,1H3,(H,22,23). The van der Waals surface area contributed by atoms with Crippen molar-refractivity contribution in [2.75, 3.05) is 42.1 Å². The number of hydrogen-bond acceptors (Lipinski definition) is 5. The maximum absolute atomic E-state index is 11.7. The number of likely N-dealkylation sites (tertiary alicyclic amines) is 1. The summed E-state index contributed by atoms with van der Waals surface area (Å²) in [5, 5.41) is 9.19. The van der Waals surface area contributed by atoms with Crippen molar-refractivity contribution in [3.05, 3.63) is 23.8 Å². The molecule has 0 aromatic heterocycles. The molecule has 2 N–H and O–H groups in total. The Bertz CT molecular complexity index is 752. The molecule has 144 valence electrons. The van der Waals surface area contributed by atoms with E-state index in [9.17, 15) is 18.3 Å². The summed E-state index contributed by atoms with van der Waals surface area (Å²) < 4.78 is 25.9. The number of aromatic carboxylic acids is 1. The van der Waals surface area contributed by atoms with Crippen LogP contribution in [0, 0.1) is 0 Å². The number of carboxylic acid groups (broad SMARTS) is 1. The molecule has 0 spiro atoms. The van der Waals surface area contributed by atoms with Gasteiger partial charge in [0.25, 0.3) is 0 Å². The smallest absolute Gasteiger partial charge is 0.335 e. The predicted molar refractivity (Wildman–Crippen MR) is 103 cm³/mol. The van der Waals surface area contributed by atoms with Gasteiger partial charge in [0.15, 0.2) is 0 Å². The molecule has 2 heterocycles. The minimum Gasteiger partial charge on any atom is -0.478 e. The number of benzene rings is 1. The van der Waals surface area contributed by atoms with E-state index in [1.54, 1.807) is 6.07 Å². The molecule has 0 bridgehead atoms. The minimum absolute atomic E-state index is 0.0723. The van der Waals surface area contributed by atoms with Crippen LogP contribution in [-0.4, -0.2) is 62.9 Å². The van der Waals surface area contributed by atoms with Crippen LogP contribution >= 0.6 is 0 Å². The molecular weight excluding hydrogens is 354 g/mol. The Morgan fingerprint density at radius 1 is 1.12 bits per heavy atom. The van der Waals surface area contributed by atoms with Gasteiger partial charge in [-0.15, -0.1) is 0 Å². The summed E-state index contributed by atoms with van der Waals surface area (Å²) in [5.74, 6) is -1.07. The Labute approximate surface area is 155 Å². The van der Waals surface area contributed by atoms with Crippen molar-refractivity contribution in [3.63, 3.8) is 0 Å². The van der Waals surface area contributed by atoms with Gasteiger partial charge in [-0.1, -0.05) is 6.42 Å². The van der Waals surface area contributed by atoms with E-state index < -0.39 is 16.0 Å². The van der Waals surface area contributed by atoms with Crippen LogP contribution < -0.4 is 9.62 Å². The Morgan fingerprint density at radius 2 is 1.77 bits per heavy atom. The highest BCUT2D eigenvalue weighted by Gasteiger charge is 2.27. The number of anilines is 2. The van der Waals surface area contributed by atoms with Gasteiger partial charge in [0.1, 0.15) is 0 Å². The van der Waals surface area contributed by atoms with Gasteiger partial charge in [-0.05, 0) is 57.0 Å². The zero-order valence-corrected chi connectivity index (χ0v) is 16.0. The molecule has 0 aliphatic carbocycles. The predicted octanol–water partition coefficient (Wildman–Crippen LogP) is 2.21. The minimum atomic E-state index is -3.49. The third-order valence-corrected chi connectivity index (χ3v) is 5.84. The molecule has 0 saturated carbocycles. The molecule has 2 saturated heterocycles. The highest BCUT2D eigenvalue weighted by Crippen LogP contribution is 2.31. The lowest BCUT2D eigenvalue weighted by Gasteiger charge is -2.41. The van der Waals surface area contributed by atoms with Crippen LogP contribution in [0.15, 0.2) is 18.2 Å². The number of carboxylic acids is 1. The van der Waals surface area contributed by atoms with Crippen molar-refractivity contribution in [1.29, 1.82) is 0 Å². The summed E-state index contributed by atoms with van der Waals surface area (Å²) >= 11 is 0. The molecule has 0 atom stereocenters. The average molecular weight is 381 g/mol. The molecule has 0 amide bonds. The highest BCUT2D eigenvalue weighted by atomic mass is 32.2. The first kappa shape index (κ1) is 19.0. The van der Waals surface area contributed by atoms with Crippen molar-refractivity contribution in [2.24, 2.45) is 0 Å². The maximum Gasteiger partial charge on any atom is 0.335 e. The van der Waals surface area contributed by atoms with Crippen molar-refractivity contribution < 1.29 is 18.3 Å². The number of hydrogen-bond donors (Lipinski definition) is 2. The molecule has 3 rings (SSSR count). The number of sulfonamides is 1. The molecule has 8 heteroatoms. The number of carbonyl (C=O) groups is 1. The summed E-state index contributed by atoms with van der Waals surface area (Å²) in [6.45, 7) is 4.04. The van der Waals surface area contributed by atoms with E-state index in [2.05, 4.69) is 14.5 Å². The zero-order valence-electron chi connectivity index (χ0n) is 15.1. The summed E-state index contributed by atoms with van der Waals surface area (Å²) in [7, 11) is -3.49. The van der Waals surface area contributed by atoms with Crippen LogP contribution in [0.4, 0.5) is 11.4 Å².